The van der Waals surface area contributed by atoms with Crippen LogP contribution in [0.5, 0.6) is 0 Å². The lowest BCUT2D eigenvalue weighted by Crippen LogP contribution is -2.55. The molecule has 0 aromatic carbocycles. The Balaban J connectivity index is 1.91. The molecule has 1 unspecified atom stereocenters. The van der Waals surface area contributed by atoms with Gasteiger partial charge in [0.1, 0.15) is 0 Å². The molecule has 0 aliphatic carbocycles. The van der Waals surface area contributed by atoms with Crippen LogP contribution in [-0.2, 0) is 9.53 Å². The van der Waals surface area contributed by atoms with Gasteiger partial charge in [-0.3, -0.25) is 9.69 Å². The van der Waals surface area contributed by atoms with E-state index >= 15 is 0 Å². The third kappa shape index (κ3) is 3.51. The van der Waals surface area contributed by atoms with Gasteiger partial charge >= 0.3 is 0 Å². The zero-order valence-electron chi connectivity index (χ0n) is 13.0. The van der Waals surface area contributed by atoms with E-state index in [0.29, 0.717) is 5.91 Å². The molecule has 1 N–H and O–H groups in total. The predicted octanol–water partition coefficient (Wildman–Crippen LogP) is 0.699. The second-order valence-electron chi connectivity index (χ2n) is 5.95. The molecule has 2 aliphatic heterocycles. The maximum absolute atomic E-state index is 12.8. The number of hydrogen-bond donors (Lipinski definition) is 1. The first kappa shape index (κ1) is 15.7. The number of carbonyl (C=O) groups is 1. The number of nitrogens with zero attached hydrogens (tertiary/aromatic N) is 2. The van der Waals surface area contributed by atoms with Crippen LogP contribution in [0.3, 0.4) is 0 Å². The van der Waals surface area contributed by atoms with E-state index in [2.05, 4.69) is 22.0 Å². The highest BCUT2D eigenvalue weighted by Crippen LogP contribution is 2.26. The summed E-state index contributed by atoms with van der Waals surface area (Å²) in [4.78, 5) is 17.3. The summed E-state index contributed by atoms with van der Waals surface area (Å²) in [6, 6.07) is 0. The van der Waals surface area contributed by atoms with Gasteiger partial charge in [0.25, 0.3) is 0 Å². The van der Waals surface area contributed by atoms with Crippen LogP contribution in [0, 0.1) is 0 Å². The van der Waals surface area contributed by atoms with E-state index in [1.54, 1.807) is 7.11 Å². The normalized spacial score (nSPS) is 28.6. The van der Waals surface area contributed by atoms with Crippen molar-refractivity contribution in [2.24, 2.45) is 0 Å². The smallest absolute Gasteiger partial charge is 0.242 e. The predicted molar refractivity (Wildman–Crippen MR) is 79.8 cm³/mol. The third-order valence-corrected chi connectivity index (χ3v) is 4.74. The Labute approximate surface area is 122 Å². The zero-order chi connectivity index (χ0) is 14.4. The number of hydrogen-bond acceptors (Lipinski definition) is 4. The molecular weight excluding hydrogens is 254 g/mol. The van der Waals surface area contributed by atoms with Gasteiger partial charge in [-0.2, -0.15) is 0 Å². The van der Waals surface area contributed by atoms with Crippen LogP contribution in [0.25, 0.3) is 0 Å². The standard InChI is InChI=1S/C15H29N3O2/c1-3-15(6-4-7-16-15)14(19)18-9-5-8-17(10-11-18)12-13-20-2/h16H,3-13H2,1-2H3. The molecule has 5 heteroatoms. The fraction of sp³-hybridized carbons (Fsp3) is 0.933. The number of ether oxygens (including phenoxy) is 1. The Bertz CT molecular complexity index is 316. The van der Waals surface area contributed by atoms with Crippen LogP contribution in [0.2, 0.25) is 0 Å². The molecular formula is C15H29N3O2. The summed E-state index contributed by atoms with van der Waals surface area (Å²) in [7, 11) is 1.74. The monoisotopic (exact) mass is 283 g/mol. The second-order valence-corrected chi connectivity index (χ2v) is 5.95. The Morgan fingerprint density at radius 2 is 2.10 bits per heavy atom. The van der Waals surface area contributed by atoms with Crippen molar-refractivity contribution in [2.75, 3.05) is 53.0 Å². The molecule has 0 radical (unpaired) electrons. The van der Waals surface area contributed by atoms with Crippen molar-refractivity contribution in [3.8, 4) is 0 Å². The van der Waals surface area contributed by atoms with Crippen molar-refractivity contribution in [1.82, 2.24) is 15.1 Å². The minimum absolute atomic E-state index is 0.276. The summed E-state index contributed by atoms with van der Waals surface area (Å²) < 4.78 is 5.14. The molecule has 2 fully saturated rings. The van der Waals surface area contributed by atoms with Gasteiger partial charge in [-0.05, 0) is 38.8 Å². The molecule has 2 rings (SSSR count). The highest BCUT2D eigenvalue weighted by atomic mass is 16.5. The molecule has 0 aromatic rings. The number of carbonyl (C=O) groups excluding carboxylic acids is 1. The lowest BCUT2D eigenvalue weighted by atomic mass is 9.92. The Morgan fingerprint density at radius 1 is 1.25 bits per heavy atom. The maximum atomic E-state index is 12.8. The van der Waals surface area contributed by atoms with Crippen LogP contribution < -0.4 is 5.32 Å². The highest BCUT2D eigenvalue weighted by Gasteiger charge is 2.41. The number of rotatable bonds is 5. The van der Waals surface area contributed by atoms with Gasteiger partial charge in [0.05, 0.1) is 12.1 Å². The van der Waals surface area contributed by atoms with Gasteiger partial charge in [-0.15, -0.1) is 0 Å². The molecule has 5 nitrogen and oxygen atoms in total. The van der Waals surface area contributed by atoms with Crippen LogP contribution >= 0.6 is 0 Å². The van der Waals surface area contributed by atoms with Gasteiger partial charge in [-0.25, -0.2) is 0 Å². The van der Waals surface area contributed by atoms with E-state index < -0.39 is 0 Å². The molecule has 0 bridgehead atoms. The molecule has 0 aromatic heterocycles. The zero-order valence-corrected chi connectivity index (χ0v) is 13.0. The molecule has 2 aliphatic rings. The summed E-state index contributed by atoms with van der Waals surface area (Å²) in [6.07, 6.45) is 4.07. The fourth-order valence-corrected chi connectivity index (χ4v) is 3.36. The van der Waals surface area contributed by atoms with Crippen LogP contribution in [0.4, 0.5) is 0 Å². The first-order valence-electron chi connectivity index (χ1n) is 7.97. The summed E-state index contributed by atoms with van der Waals surface area (Å²) in [5.41, 5.74) is -0.276. The van der Waals surface area contributed by atoms with Crippen molar-refractivity contribution in [3.05, 3.63) is 0 Å². The molecule has 20 heavy (non-hydrogen) atoms. The van der Waals surface area contributed by atoms with Crippen molar-refractivity contribution in [2.45, 2.75) is 38.1 Å². The van der Waals surface area contributed by atoms with Gasteiger partial charge in [0.2, 0.25) is 5.91 Å². The van der Waals surface area contributed by atoms with Crippen LogP contribution in [-0.4, -0.2) is 74.2 Å². The van der Waals surface area contributed by atoms with Gasteiger partial charge in [0, 0.05) is 33.3 Å². The Kier molecular flexibility index (Phi) is 5.81. The maximum Gasteiger partial charge on any atom is 0.242 e. The quantitative estimate of drug-likeness (QED) is 0.807. The highest BCUT2D eigenvalue weighted by molar-refractivity contribution is 5.86. The van der Waals surface area contributed by atoms with Crippen LogP contribution in [0.15, 0.2) is 0 Å². The van der Waals surface area contributed by atoms with Crippen molar-refractivity contribution < 1.29 is 9.53 Å². The average molecular weight is 283 g/mol. The topological polar surface area (TPSA) is 44.8 Å². The van der Waals surface area contributed by atoms with Gasteiger partial charge in [-0.1, -0.05) is 6.92 Å². The van der Waals surface area contributed by atoms with E-state index in [4.69, 9.17) is 4.74 Å². The molecule has 2 heterocycles. The van der Waals surface area contributed by atoms with Crippen molar-refractivity contribution >= 4 is 5.91 Å². The Hall–Kier alpha value is -0.650. The lowest BCUT2D eigenvalue weighted by molar-refractivity contribution is -0.137. The number of methoxy groups -OCH3 is 1. The molecule has 116 valence electrons. The summed E-state index contributed by atoms with van der Waals surface area (Å²) in [5, 5.41) is 3.46. The Morgan fingerprint density at radius 3 is 2.75 bits per heavy atom. The van der Waals surface area contributed by atoms with Gasteiger partial charge in [0.15, 0.2) is 0 Å². The summed E-state index contributed by atoms with van der Waals surface area (Å²) >= 11 is 0. The number of nitrogens with one attached hydrogen (secondary N) is 1. The summed E-state index contributed by atoms with van der Waals surface area (Å²) in [5.74, 6) is 0.325. The van der Waals surface area contributed by atoms with E-state index in [1.807, 2.05) is 0 Å². The average Bonchev–Trinajstić information content (AvgIpc) is 2.84. The largest absolute Gasteiger partial charge is 0.383 e. The SMILES string of the molecule is CCC1(C(=O)N2CCCN(CCOC)CC2)CCCN1. The van der Waals surface area contributed by atoms with Crippen LogP contribution in [0.1, 0.15) is 32.6 Å². The van der Waals surface area contributed by atoms with E-state index in [0.717, 1.165) is 71.6 Å². The minimum atomic E-state index is -0.276. The molecule has 0 saturated carbocycles. The van der Waals surface area contributed by atoms with E-state index in [-0.39, 0.29) is 5.54 Å². The molecule has 0 spiro atoms. The van der Waals surface area contributed by atoms with Gasteiger partial charge < -0.3 is 15.0 Å². The first-order valence-corrected chi connectivity index (χ1v) is 7.97. The molecule has 1 atom stereocenters. The van der Waals surface area contributed by atoms with E-state index in [1.165, 1.54) is 0 Å². The molecule has 2 saturated heterocycles. The molecule has 1 amide bonds. The van der Waals surface area contributed by atoms with Crippen molar-refractivity contribution in [3.63, 3.8) is 0 Å². The van der Waals surface area contributed by atoms with Crippen molar-refractivity contribution in [1.29, 1.82) is 0 Å². The number of amides is 1. The lowest BCUT2D eigenvalue weighted by Gasteiger charge is -2.33. The summed E-state index contributed by atoms with van der Waals surface area (Å²) in [6.45, 7) is 8.63. The second kappa shape index (κ2) is 7.38. The third-order valence-electron chi connectivity index (χ3n) is 4.74. The van der Waals surface area contributed by atoms with E-state index in [9.17, 15) is 4.79 Å². The first-order chi connectivity index (χ1) is 9.72. The minimum Gasteiger partial charge on any atom is -0.383 e. The fourth-order valence-electron chi connectivity index (χ4n) is 3.36.